The summed E-state index contributed by atoms with van der Waals surface area (Å²) in [7, 11) is -1.69. The number of hydrogen-bond donors (Lipinski definition) is 1. The zero-order valence-electron chi connectivity index (χ0n) is 13.1. The minimum Gasteiger partial charge on any atom is -0.370 e. The number of primary amides is 1. The molecule has 124 valence electrons. The Bertz CT molecular complexity index is 833. The van der Waals surface area contributed by atoms with Crippen molar-refractivity contribution in [2.45, 2.75) is 24.2 Å². The second-order valence-corrected chi connectivity index (χ2v) is 8.04. The standard InChI is InChI=1S/C16H21N3O3S/c1-18-8-7-13-3-2-4-14(16(13)18)23(21,22)19-9-5-12(6-10-19)11-15(17)20/h2-4,7-8,12H,5-6,9-11H2,1H3,(H2,17,20). The molecule has 6 nitrogen and oxygen atoms in total. The van der Waals surface area contributed by atoms with Crippen molar-refractivity contribution < 1.29 is 13.2 Å². The fraction of sp³-hybridized carbons (Fsp3) is 0.438. The van der Waals surface area contributed by atoms with Crippen LogP contribution >= 0.6 is 0 Å². The maximum absolute atomic E-state index is 13.0. The highest BCUT2D eigenvalue weighted by molar-refractivity contribution is 7.89. The van der Waals surface area contributed by atoms with E-state index in [1.807, 2.05) is 29.9 Å². The molecule has 0 aliphatic carbocycles. The van der Waals surface area contributed by atoms with Crippen molar-refractivity contribution in [2.75, 3.05) is 13.1 Å². The van der Waals surface area contributed by atoms with E-state index in [2.05, 4.69) is 0 Å². The summed E-state index contributed by atoms with van der Waals surface area (Å²) in [5, 5.41) is 0.914. The third-order valence-corrected chi connectivity index (χ3v) is 6.47. The SMILES string of the molecule is Cn1ccc2cccc(S(=O)(=O)N3CCC(CC(N)=O)CC3)c21. The summed E-state index contributed by atoms with van der Waals surface area (Å²) in [6.45, 7) is 0.863. The van der Waals surface area contributed by atoms with Crippen molar-refractivity contribution in [3.63, 3.8) is 0 Å². The summed E-state index contributed by atoms with van der Waals surface area (Å²) < 4.78 is 29.4. The Morgan fingerprint density at radius 2 is 1.96 bits per heavy atom. The molecule has 7 heteroatoms. The van der Waals surface area contributed by atoms with E-state index in [4.69, 9.17) is 5.73 Å². The Kier molecular flexibility index (Phi) is 4.16. The molecule has 1 aliphatic heterocycles. The second kappa shape index (κ2) is 5.98. The van der Waals surface area contributed by atoms with Gasteiger partial charge < -0.3 is 10.3 Å². The van der Waals surface area contributed by atoms with Crippen molar-refractivity contribution in [3.8, 4) is 0 Å². The highest BCUT2D eigenvalue weighted by atomic mass is 32.2. The first-order valence-electron chi connectivity index (χ1n) is 7.72. The molecule has 3 rings (SSSR count). The summed E-state index contributed by atoms with van der Waals surface area (Å²) in [4.78, 5) is 11.4. The summed E-state index contributed by atoms with van der Waals surface area (Å²) in [6.07, 6.45) is 3.54. The normalized spacial score (nSPS) is 17.6. The summed E-state index contributed by atoms with van der Waals surface area (Å²) in [5.41, 5.74) is 5.96. The smallest absolute Gasteiger partial charge is 0.245 e. The molecule has 1 amide bonds. The highest BCUT2D eigenvalue weighted by Crippen LogP contribution is 2.29. The van der Waals surface area contributed by atoms with Crippen LogP contribution in [0.25, 0.3) is 10.9 Å². The van der Waals surface area contributed by atoms with Crippen LogP contribution in [0.4, 0.5) is 0 Å². The minimum atomic E-state index is -3.54. The quantitative estimate of drug-likeness (QED) is 0.918. The Balaban J connectivity index is 1.87. The van der Waals surface area contributed by atoms with Gasteiger partial charge in [-0.1, -0.05) is 12.1 Å². The molecule has 0 spiro atoms. The number of para-hydroxylation sites is 1. The van der Waals surface area contributed by atoms with Gasteiger partial charge in [0.25, 0.3) is 0 Å². The van der Waals surface area contributed by atoms with E-state index in [0.29, 0.717) is 37.2 Å². The Morgan fingerprint density at radius 3 is 2.61 bits per heavy atom. The lowest BCUT2D eigenvalue weighted by Gasteiger charge is -2.30. The molecule has 0 saturated carbocycles. The van der Waals surface area contributed by atoms with E-state index in [-0.39, 0.29) is 11.8 Å². The third kappa shape index (κ3) is 2.98. The lowest BCUT2D eigenvalue weighted by molar-refractivity contribution is -0.119. The topological polar surface area (TPSA) is 85.4 Å². The van der Waals surface area contributed by atoms with Gasteiger partial charge in [0.2, 0.25) is 15.9 Å². The predicted molar refractivity (Wildman–Crippen MR) is 88.2 cm³/mol. The van der Waals surface area contributed by atoms with Gasteiger partial charge in [0.05, 0.1) is 5.52 Å². The molecule has 1 aromatic carbocycles. The molecule has 2 aromatic rings. The van der Waals surface area contributed by atoms with Gasteiger partial charge in [0.1, 0.15) is 4.90 Å². The van der Waals surface area contributed by atoms with Crippen LogP contribution in [-0.4, -0.2) is 36.3 Å². The third-order valence-electron chi connectivity index (χ3n) is 4.54. The van der Waals surface area contributed by atoms with Crippen molar-refractivity contribution in [1.29, 1.82) is 0 Å². The molecule has 2 heterocycles. The number of aromatic nitrogens is 1. The van der Waals surface area contributed by atoms with Crippen LogP contribution in [0.5, 0.6) is 0 Å². The minimum absolute atomic E-state index is 0.185. The number of amides is 1. The molecule has 0 radical (unpaired) electrons. The highest BCUT2D eigenvalue weighted by Gasteiger charge is 2.31. The predicted octanol–water partition coefficient (Wildman–Crippen LogP) is 1.45. The molecule has 1 aromatic heterocycles. The number of benzene rings is 1. The van der Waals surface area contributed by atoms with E-state index >= 15 is 0 Å². The number of carbonyl (C=O) groups is 1. The molecule has 1 aliphatic rings. The first-order valence-corrected chi connectivity index (χ1v) is 9.16. The van der Waals surface area contributed by atoms with E-state index in [9.17, 15) is 13.2 Å². The van der Waals surface area contributed by atoms with Gasteiger partial charge in [-0.15, -0.1) is 0 Å². The maximum atomic E-state index is 13.0. The molecular formula is C16H21N3O3S. The number of fused-ring (bicyclic) bond motifs is 1. The Morgan fingerprint density at radius 1 is 1.26 bits per heavy atom. The van der Waals surface area contributed by atoms with E-state index in [1.165, 1.54) is 4.31 Å². The average Bonchev–Trinajstić information content (AvgIpc) is 2.89. The van der Waals surface area contributed by atoms with Gasteiger partial charge in [-0.25, -0.2) is 8.42 Å². The van der Waals surface area contributed by atoms with Crippen LogP contribution in [0, 0.1) is 5.92 Å². The molecule has 1 saturated heterocycles. The molecule has 2 N–H and O–H groups in total. The summed E-state index contributed by atoms with van der Waals surface area (Å²) in [5.74, 6) is -0.135. The van der Waals surface area contributed by atoms with Gasteiger partial charge in [-0.05, 0) is 30.9 Å². The first-order chi connectivity index (χ1) is 10.9. The van der Waals surface area contributed by atoms with Crippen LogP contribution in [0.3, 0.4) is 0 Å². The molecule has 0 bridgehead atoms. The molecule has 23 heavy (non-hydrogen) atoms. The van der Waals surface area contributed by atoms with Gasteiger partial charge in [0, 0.05) is 38.1 Å². The number of nitrogens with two attached hydrogens (primary N) is 1. The van der Waals surface area contributed by atoms with Crippen molar-refractivity contribution in [3.05, 3.63) is 30.5 Å². The van der Waals surface area contributed by atoms with Crippen LogP contribution in [0.1, 0.15) is 19.3 Å². The van der Waals surface area contributed by atoms with Crippen LogP contribution in [0.15, 0.2) is 35.4 Å². The average molecular weight is 335 g/mol. The lowest BCUT2D eigenvalue weighted by Crippen LogP contribution is -2.39. The number of aryl methyl sites for hydroxylation is 1. The van der Waals surface area contributed by atoms with Gasteiger partial charge in [-0.3, -0.25) is 4.79 Å². The first kappa shape index (κ1) is 16.0. The lowest BCUT2D eigenvalue weighted by atomic mass is 9.94. The van der Waals surface area contributed by atoms with E-state index < -0.39 is 10.0 Å². The van der Waals surface area contributed by atoms with E-state index in [1.54, 1.807) is 12.1 Å². The molecule has 0 unspecified atom stereocenters. The van der Waals surface area contributed by atoms with Crippen molar-refractivity contribution in [2.24, 2.45) is 18.7 Å². The number of hydrogen-bond acceptors (Lipinski definition) is 3. The fourth-order valence-corrected chi connectivity index (χ4v) is 5.03. The van der Waals surface area contributed by atoms with Crippen LogP contribution < -0.4 is 5.73 Å². The number of piperidine rings is 1. The zero-order valence-corrected chi connectivity index (χ0v) is 13.9. The molecular weight excluding hydrogens is 314 g/mol. The number of carbonyl (C=O) groups excluding carboxylic acids is 1. The number of sulfonamides is 1. The van der Waals surface area contributed by atoms with Crippen LogP contribution in [-0.2, 0) is 21.9 Å². The van der Waals surface area contributed by atoms with Crippen molar-refractivity contribution >= 4 is 26.8 Å². The van der Waals surface area contributed by atoms with Gasteiger partial charge >= 0.3 is 0 Å². The van der Waals surface area contributed by atoms with Crippen LogP contribution in [0.2, 0.25) is 0 Å². The zero-order chi connectivity index (χ0) is 16.6. The van der Waals surface area contributed by atoms with E-state index in [0.717, 1.165) is 10.9 Å². The monoisotopic (exact) mass is 335 g/mol. The largest absolute Gasteiger partial charge is 0.370 e. The molecule has 1 fully saturated rings. The van der Waals surface area contributed by atoms with Gasteiger partial charge in [-0.2, -0.15) is 4.31 Å². The Labute approximate surface area is 135 Å². The Hall–Kier alpha value is -1.86. The van der Waals surface area contributed by atoms with Gasteiger partial charge in [0.15, 0.2) is 0 Å². The maximum Gasteiger partial charge on any atom is 0.245 e. The summed E-state index contributed by atoms with van der Waals surface area (Å²) >= 11 is 0. The second-order valence-electron chi connectivity index (χ2n) is 6.14. The van der Waals surface area contributed by atoms with Crippen molar-refractivity contribution in [1.82, 2.24) is 8.87 Å². The number of rotatable bonds is 4. The number of nitrogens with zero attached hydrogens (tertiary/aromatic N) is 2. The fourth-order valence-electron chi connectivity index (χ4n) is 3.30. The summed E-state index contributed by atoms with van der Waals surface area (Å²) in [6, 6.07) is 7.25. The molecule has 0 atom stereocenters.